The average molecular weight is 241 g/mol. The first-order valence-electron chi connectivity index (χ1n) is 5.38. The molecule has 0 atom stereocenters. The van der Waals surface area contributed by atoms with Crippen LogP contribution in [0.25, 0.3) is 10.9 Å². The summed E-state index contributed by atoms with van der Waals surface area (Å²) < 4.78 is 6.48. The molecule has 0 saturated heterocycles. The summed E-state index contributed by atoms with van der Waals surface area (Å²) in [6.07, 6.45) is 7.41. The van der Waals surface area contributed by atoms with Gasteiger partial charge in [0.1, 0.15) is 6.54 Å². The molecule has 0 aliphatic rings. The van der Waals surface area contributed by atoms with Crippen LogP contribution < -0.4 is 0 Å². The molecular weight excluding hydrogens is 230 g/mol. The third-order valence-electron chi connectivity index (χ3n) is 2.56. The Kier molecular flexibility index (Phi) is 3.44. The predicted molar refractivity (Wildman–Crippen MR) is 67.1 cm³/mol. The summed E-state index contributed by atoms with van der Waals surface area (Å²) in [4.78, 5) is 22.4. The van der Waals surface area contributed by atoms with E-state index in [1.54, 1.807) is 10.8 Å². The van der Waals surface area contributed by atoms with Gasteiger partial charge in [-0.1, -0.05) is 24.1 Å². The number of carbonyl (C=O) groups is 2. The molecule has 4 heteroatoms. The van der Waals surface area contributed by atoms with Gasteiger partial charge in [0.05, 0.1) is 0 Å². The monoisotopic (exact) mass is 241 g/mol. The van der Waals surface area contributed by atoms with Crippen molar-refractivity contribution >= 4 is 23.2 Å². The van der Waals surface area contributed by atoms with Gasteiger partial charge in [0.2, 0.25) is 0 Å². The summed E-state index contributed by atoms with van der Waals surface area (Å²) in [6, 6.07) is 7.37. The number of ether oxygens (including phenoxy) is 1. The standard InChI is InChI=1S/C14H11NO3/c1-2-7-18-14(17)9-15-8-11(10-16)12-5-3-4-6-13(12)15/h1,3-6,8,10H,7,9H2. The number of carbonyl (C=O) groups excluding carboxylic acids is 2. The Balaban J connectivity index is 2.31. The summed E-state index contributed by atoms with van der Waals surface area (Å²) in [5, 5.41) is 0.817. The van der Waals surface area contributed by atoms with E-state index in [4.69, 9.17) is 11.2 Å². The van der Waals surface area contributed by atoms with Crippen LogP contribution in [-0.4, -0.2) is 23.4 Å². The normalized spacial score (nSPS) is 9.94. The van der Waals surface area contributed by atoms with E-state index in [2.05, 4.69) is 5.92 Å². The molecule has 0 spiro atoms. The highest BCUT2D eigenvalue weighted by molar-refractivity contribution is 5.98. The lowest BCUT2D eigenvalue weighted by Crippen LogP contribution is -2.12. The Morgan fingerprint density at radius 3 is 2.94 bits per heavy atom. The van der Waals surface area contributed by atoms with Crippen LogP contribution in [0.5, 0.6) is 0 Å². The molecule has 0 fully saturated rings. The number of aromatic nitrogens is 1. The van der Waals surface area contributed by atoms with E-state index in [-0.39, 0.29) is 13.2 Å². The van der Waals surface area contributed by atoms with Crippen molar-refractivity contribution in [2.24, 2.45) is 0 Å². The van der Waals surface area contributed by atoms with Gasteiger partial charge in [-0.05, 0) is 6.07 Å². The maximum Gasteiger partial charge on any atom is 0.326 e. The topological polar surface area (TPSA) is 48.3 Å². The summed E-state index contributed by atoms with van der Waals surface area (Å²) in [6.45, 7) is -0.00535. The minimum Gasteiger partial charge on any atom is -0.451 e. The Morgan fingerprint density at radius 2 is 2.22 bits per heavy atom. The fourth-order valence-electron chi connectivity index (χ4n) is 1.81. The third kappa shape index (κ3) is 2.25. The zero-order valence-electron chi connectivity index (χ0n) is 9.63. The van der Waals surface area contributed by atoms with E-state index in [1.165, 1.54) is 0 Å². The van der Waals surface area contributed by atoms with Gasteiger partial charge in [0, 0.05) is 22.7 Å². The molecule has 0 aliphatic carbocycles. The zero-order chi connectivity index (χ0) is 13.0. The number of hydrogen-bond donors (Lipinski definition) is 0. The first-order valence-corrected chi connectivity index (χ1v) is 5.38. The number of esters is 1. The second-order valence-electron chi connectivity index (χ2n) is 3.71. The lowest BCUT2D eigenvalue weighted by molar-refractivity contribution is -0.142. The molecule has 2 aromatic rings. The predicted octanol–water partition coefficient (Wildman–Crippen LogP) is 1.63. The Bertz CT molecular complexity index is 634. The Morgan fingerprint density at radius 1 is 1.44 bits per heavy atom. The molecule has 90 valence electrons. The summed E-state index contributed by atoms with van der Waals surface area (Å²) in [7, 11) is 0. The van der Waals surface area contributed by atoms with Crippen LogP contribution in [0.2, 0.25) is 0 Å². The second-order valence-corrected chi connectivity index (χ2v) is 3.71. The van der Waals surface area contributed by atoms with Gasteiger partial charge in [-0.3, -0.25) is 9.59 Å². The van der Waals surface area contributed by atoms with Crippen molar-refractivity contribution in [1.82, 2.24) is 4.57 Å². The smallest absolute Gasteiger partial charge is 0.326 e. The molecule has 1 heterocycles. The maximum absolute atomic E-state index is 11.5. The molecule has 4 nitrogen and oxygen atoms in total. The van der Waals surface area contributed by atoms with Gasteiger partial charge in [-0.2, -0.15) is 0 Å². The van der Waals surface area contributed by atoms with Crippen molar-refractivity contribution < 1.29 is 14.3 Å². The van der Waals surface area contributed by atoms with Gasteiger partial charge in [-0.15, -0.1) is 6.42 Å². The molecule has 0 N–H and O–H groups in total. The van der Waals surface area contributed by atoms with Crippen LogP contribution in [0.1, 0.15) is 10.4 Å². The van der Waals surface area contributed by atoms with Gasteiger partial charge in [-0.25, -0.2) is 0 Å². The minimum absolute atomic E-state index is 0.0377. The maximum atomic E-state index is 11.5. The van der Waals surface area contributed by atoms with E-state index < -0.39 is 5.97 Å². The number of nitrogens with zero attached hydrogens (tertiary/aromatic N) is 1. The van der Waals surface area contributed by atoms with Crippen molar-refractivity contribution in [2.45, 2.75) is 6.54 Å². The van der Waals surface area contributed by atoms with Gasteiger partial charge in [0.15, 0.2) is 12.9 Å². The number of para-hydroxylation sites is 1. The largest absolute Gasteiger partial charge is 0.451 e. The highest BCUT2D eigenvalue weighted by Crippen LogP contribution is 2.19. The SMILES string of the molecule is C#CCOC(=O)Cn1cc(C=O)c2ccccc21. The summed E-state index contributed by atoms with van der Waals surface area (Å²) >= 11 is 0. The highest BCUT2D eigenvalue weighted by Gasteiger charge is 2.10. The molecule has 0 aliphatic heterocycles. The van der Waals surface area contributed by atoms with E-state index in [9.17, 15) is 9.59 Å². The van der Waals surface area contributed by atoms with Crippen molar-refractivity contribution in [3.8, 4) is 12.3 Å². The van der Waals surface area contributed by atoms with Crippen molar-refractivity contribution in [3.63, 3.8) is 0 Å². The van der Waals surface area contributed by atoms with Crippen molar-refractivity contribution in [2.75, 3.05) is 6.61 Å². The number of terminal acetylenes is 1. The van der Waals surface area contributed by atoms with Crippen LogP contribution >= 0.6 is 0 Å². The first-order chi connectivity index (χ1) is 8.76. The average Bonchev–Trinajstić information content (AvgIpc) is 2.75. The Labute approximate surface area is 104 Å². The molecule has 0 amide bonds. The quantitative estimate of drug-likeness (QED) is 0.464. The third-order valence-corrected chi connectivity index (χ3v) is 2.56. The molecule has 1 aromatic heterocycles. The van der Waals surface area contributed by atoms with Crippen LogP contribution in [0.15, 0.2) is 30.5 Å². The molecule has 18 heavy (non-hydrogen) atoms. The van der Waals surface area contributed by atoms with Crippen LogP contribution in [0, 0.1) is 12.3 Å². The molecule has 1 aromatic carbocycles. The van der Waals surface area contributed by atoms with Gasteiger partial charge in [0.25, 0.3) is 0 Å². The van der Waals surface area contributed by atoms with E-state index in [1.807, 2.05) is 24.3 Å². The number of fused-ring (bicyclic) bond motifs is 1. The minimum atomic E-state index is -0.425. The fraction of sp³-hybridized carbons (Fsp3) is 0.143. The summed E-state index contributed by atoms with van der Waals surface area (Å²) in [5.41, 5.74) is 1.37. The summed E-state index contributed by atoms with van der Waals surface area (Å²) in [5.74, 6) is 1.80. The molecular formula is C14H11NO3. The number of aldehydes is 1. The number of rotatable bonds is 4. The molecule has 0 bridgehead atoms. The van der Waals surface area contributed by atoms with E-state index >= 15 is 0 Å². The van der Waals surface area contributed by atoms with Crippen LogP contribution in [0.4, 0.5) is 0 Å². The lowest BCUT2D eigenvalue weighted by Gasteiger charge is -2.04. The molecule has 0 saturated carbocycles. The van der Waals surface area contributed by atoms with Gasteiger partial charge >= 0.3 is 5.97 Å². The van der Waals surface area contributed by atoms with Crippen molar-refractivity contribution in [3.05, 3.63) is 36.0 Å². The highest BCUT2D eigenvalue weighted by atomic mass is 16.5. The molecule has 2 rings (SSSR count). The second kappa shape index (κ2) is 5.19. The van der Waals surface area contributed by atoms with Crippen molar-refractivity contribution in [1.29, 1.82) is 0 Å². The number of hydrogen-bond acceptors (Lipinski definition) is 3. The van der Waals surface area contributed by atoms with Crippen LogP contribution in [0.3, 0.4) is 0 Å². The lowest BCUT2D eigenvalue weighted by atomic mass is 10.2. The number of benzene rings is 1. The van der Waals surface area contributed by atoms with Gasteiger partial charge < -0.3 is 9.30 Å². The van der Waals surface area contributed by atoms with Crippen LogP contribution in [-0.2, 0) is 16.1 Å². The zero-order valence-corrected chi connectivity index (χ0v) is 9.63. The first kappa shape index (κ1) is 11.9. The molecule has 0 radical (unpaired) electrons. The Hall–Kier alpha value is -2.54. The molecule has 0 unspecified atom stereocenters. The fourth-order valence-corrected chi connectivity index (χ4v) is 1.81. The van der Waals surface area contributed by atoms with E-state index in [0.29, 0.717) is 5.56 Å². The van der Waals surface area contributed by atoms with E-state index in [0.717, 1.165) is 17.2 Å².